The van der Waals surface area contributed by atoms with Crippen LogP contribution in [0.25, 0.3) is 22.1 Å². The molecule has 0 aromatic carbocycles. The second kappa shape index (κ2) is 4.93. The fourth-order valence-electron chi connectivity index (χ4n) is 6.00. The van der Waals surface area contributed by atoms with E-state index in [1.54, 1.807) is 6.20 Å². The molecule has 4 saturated carbocycles. The summed E-state index contributed by atoms with van der Waals surface area (Å²) >= 11 is 0. The first-order valence-corrected chi connectivity index (χ1v) is 11.4. The second-order valence-electron chi connectivity index (χ2n) is 9.29. The smallest absolute Gasteiger partial charge is 0.248 e. The first-order chi connectivity index (χ1) is 13.2. The van der Waals surface area contributed by atoms with Crippen LogP contribution < -0.4 is 0 Å². The summed E-state index contributed by atoms with van der Waals surface area (Å²) in [6.07, 6.45) is 7.29. The normalized spacial score (nSPS) is 31.5. The van der Waals surface area contributed by atoms with Crippen molar-refractivity contribution in [3.8, 4) is 0 Å². The molecule has 0 spiro atoms. The van der Waals surface area contributed by atoms with Crippen LogP contribution >= 0.6 is 0 Å². The van der Waals surface area contributed by atoms with Crippen molar-refractivity contribution >= 4 is 31.9 Å². The highest BCUT2D eigenvalue weighted by atomic mass is 32.2. The number of nitrogens with zero attached hydrogens (tertiary/aromatic N) is 3. The third-order valence-corrected chi connectivity index (χ3v) is 8.94. The molecule has 4 aliphatic rings. The zero-order valence-electron chi connectivity index (χ0n) is 15.2. The number of imidazole rings is 1. The van der Waals surface area contributed by atoms with Crippen LogP contribution in [-0.4, -0.2) is 45.4 Å². The molecule has 148 valence electrons. The average molecular weight is 406 g/mol. The summed E-state index contributed by atoms with van der Waals surface area (Å²) in [6.45, 7) is 0. The van der Waals surface area contributed by atoms with Crippen LogP contribution in [0.5, 0.6) is 0 Å². The lowest BCUT2D eigenvalue weighted by Crippen LogP contribution is -2.69. The number of aromatic amines is 1. The number of pyridine rings is 1. The van der Waals surface area contributed by atoms with Crippen molar-refractivity contribution in [2.24, 2.45) is 11.3 Å². The Bertz CT molecular complexity index is 1200. The van der Waals surface area contributed by atoms with Crippen molar-refractivity contribution < 1.29 is 17.2 Å². The summed E-state index contributed by atoms with van der Waals surface area (Å²) in [7, 11) is -3.31. The van der Waals surface area contributed by atoms with Gasteiger partial charge in [-0.3, -0.25) is 0 Å². The van der Waals surface area contributed by atoms with E-state index >= 15 is 0 Å². The lowest BCUT2D eigenvalue weighted by Gasteiger charge is -2.71. The van der Waals surface area contributed by atoms with Crippen molar-refractivity contribution in [3.05, 3.63) is 24.8 Å². The minimum absolute atomic E-state index is 0.0701. The fraction of sp³-hybridized carbons (Fsp3) is 0.579. The van der Waals surface area contributed by atoms with Gasteiger partial charge in [0.05, 0.1) is 29.5 Å². The summed E-state index contributed by atoms with van der Waals surface area (Å²) in [6, 6.07) is 1.99. The number of nitrogens with one attached hydrogen (secondary N) is 1. The van der Waals surface area contributed by atoms with Crippen molar-refractivity contribution in [2.75, 3.05) is 11.5 Å². The molecule has 0 unspecified atom stereocenters. The van der Waals surface area contributed by atoms with Gasteiger partial charge in [-0.2, -0.15) is 0 Å². The maximum absolute atomic E-state index is 13.0. The largest absolute Gasteiger partial charge is 0.346 e. The molecule has 0 amide bonds. The van der Waals surface area contributed by atoms with Crippen LogP contribution in [0.1, 0.15) is 32.1 Å². The molecule has 2 bridgehead atoms. The molecular weight excluding hydrogens is 386 g/mol. The number of hydrogen-bond donors (Lipinski definition) is 1. The summed E-state index contributed by atoms with van der Waals surface area (Å²) in [5.41, 5.74) is 2.43. The Labute approximate surface area is 160 Å². The van der Waals surface area contributed by atoms with Crippen LogP contribution in [0.15, 0.2) is 24.8 Å². The molecule has 4 aliphatic carbocycles. The molecule has 0 radical (unpaired) electrons. The first kappa shape index (κ1) is 16.9. The zero-order chi connectivity index (χ0) is 19.4. The molecular formula is C19H20F2N4O2S. The van der Waals surface area contributed by atoms with Crippen LogP contribution in [0, 0.1) is 11.3 Å². The summed E-state index contributed by atoms with van der Waals surface area (Å²) in [5.74, 6) is -3.02. The van der Waals surface area contributed by atoms with E-state index in [1.165, 1.54) is 0 Å². The number of rotatable bonds is 5. The van der Waals surface area contributed by atoms with Gasteiger partial charge in [0.25, 0.3) is 0 Å². The van der Waals surface area contributed by atoms with Crippen LogP contribution in [0.3, 0.4) is 0 Å². The van der Waals surface area contributed by atoms with E-state index < -0.39 is 15.8 Å². The maximum atomic E-state index is 13.0. The van der Waals surface area contributed by atoms with Crippen molar-refractivity contribution in [1.82, 2.24) is 19.5 Å². The van der Waals surface area contributed by atoms with Gasteiger partial charge in [0.15, 0.2) is 9.84 Å². The summed E-state index contributed by atoms with van der Waals surface area (Å²) < 4.78 is 53.3. The number of alkyl halides is 2. The van der Waals surface area contributed by atoms with Gasteiger partial charge in [0, 0.05) is 30.0 Å². The Morgan fingerprint density at radius 2 is 1.96 bits per heavy atom. The SMILES string of the molecule is O=S(=O)(CC1CC(F)(F)C1)CC12CC(n3cnc4cnc5[nH]ccc5c43)(C1)C2. The molecule has 0 saturated heterocycles. The highest BCUT2D eigenvalue weighted by Gasteiger charge is 2.70. The Balaban J connectivity index is 1.21. The van der Waals surface area contributed by atoms with Gasteiger partial charge in [-0.15, -0.1) is 0 Å². The van der Waals surface area contributed by atoms with Gasteiger partial charge in [-0.05, 0) is 36.7 Å². The first-order valence-electron chi connectivity index (χ1n) is 9.56. The minimum Gasteiger partial charge on any atom is -0.346 e. The Kier molecular flexibility index (Phi) is 2.97. The van der Waals surface area contributed by atoms with Gasteiger partial charge < -0.3 is 9.55 Å². The molecule has 3 aromatic heterocycles. The molecule has 0 atom stereocenters. The molecule has 3 heterocycles. The highest BCUT2D eigenvalue weighted by molar-refractivity contribution is 7.91. The molecule has 7 rings (SSSR count). The third kappa shape index (κ3) is 2.25. The van der Waals surface area contributed by atoms with Gasteiger partial charge >= 0.3 is 0 Å². The lowest BCUT2D eigenvalue weighted by molar-refractivity contribution is -0.168. The molecule has 9 heteroatoms. The topological polar surface area (TPSA) is 80.6 Å². The number of sulfone groups is 1. The van der Waals surface area contributed by atoms with E-state index in [4.69, 9.17) is 0 Å². The standard InChI is InChI=1S/C19H20F2N4O2S/c20-19(21)3-12(4-19)6-28(26,27)10-17-7-18(8-17,9-17)25-11-24-14-5-23-16-13(15(14)25)1-2-22-16/h1-2,5,11-12H,3-4,6-10H2,(H,22,23). The van der Waals surface area contributed by atoms with Crippen LogP contribution in [0.2, 0.25) is 0 Å². The predicted octanol–water partition coefficient (Wildman–Crippen LogP) is 3.25. The number of hydrogen-bond acceptors (Lipinski definition) is 4. The van der Waals surface area contributed by atoms with Gasteiger partial charge in [-0.25, -0.2) is 27.2 Å². The van der Waals surface area contributed by atoms with E-state index in [2.05, 4.69) is 19.5 Å². The van der Waals surface area contributed by atoms with E-state index in [-0.39, 0.29) is 41.2 Å². The molecule has 6 nitrogen and oxygen atoms in total. The number of halogens is 2. The maximum Gasteiger partial charge on any atom is 0.248 e. The van der Waals surface area contributed by atoms with E-state index in [1.807, 2.05) is 18.6 Å². The van der Waals surface area contributed by atoms with Gasteiger partial charge in [-0.1, -0.05) is 0 Å². The van der Waals surface area contributed by atoms with Crippen molar-refractivity contribution in [1.29, 1.82) is 0 Å². The Hall–Kier alpha value is -2.03. The Morgan fingerprint density at radius 1 is 1.21 bits per heavy atom. The minimum atomic E-state index is -3.31. The van der Waals surface area contributed by atoms with E-state index in [0.717, 1.165) is 41.3 Å². The van der Waals surface area contributed by atoms with Crippen molar-refractivity contribution in [2.45, 2.75) is 43.6 Å². The quantitative estimate of drug-likeness (QED) is 0.705. The van der Waals surface area contributed by atoms with Gasteiger partial charge in [0.2, 0.25) is 5.92 Å². The van der Waals surface area contributed by atoms with E-state index in [0.29, 0.717) is 0 Å². The molecule has 3 aromatic rings. The summed E-state index contributed by atoms with van der Waals surface area (Å²) in [4.78, 5) is 12.0. The monoisotopic (exact) mass is 406 g/mol. The Morgan fingerprint density at radius 3 is 2.68 bits per heavy atom. The van der Waals surface area contributed by atoms with Crippen molar-refractivity contribution in [3.63, 3.8) is 0 Å². The molecule has 4 fully saturated rings. The zero-order valence-corrected chi connectivity index (χ0v) is 16.0. The molecule has 0 aliphatic heterocycles. The number of aromatic nitrogens is 4. The molecule has 1 N–H and O–H groups in total. The van der Waals surface area contributed by atoms with Crippen LogP contribution in [-0.2, 0) is 15.4 Å². The third-order valence-electron chi connectivity index (χ3n) is 6.91. The number of H-pyrrole nitrogens is 1. The predicted molar refractivity (Wildman–Crippen MR) is 100.0 cm³/mol. The fourth-order valence-corrected chi connectivity index (χ4v) is 8.31. The lowest BCUT2D eigenvalue weighted by atomic mass is 9.40. The van der Waals surface area contributed by atoms with Crippen LogP contribution in [0.4, 0.5) is 8.78 Å². The molecule has 28 heavy (non-hydrogen) atoms. The van der Waals surface area contributed by atoms with E-state index in [9.17, 15) is 17.2 Å². The second-order valence-corrected chi connectivity index (χ2v) is 11.4. The van der Waals surface area contributed by atoms with Gasteiger partial charge in [0.1, 0.15) is 11.2 Å². The average Bonchev–Trinajstić information content (AvgIpc) is 3.13. The number of fused-ring (bicyclic) bond motifs is 3. The highest BCUT2D eigenvalue weighted by Crippen LogP contribution is 2.72. The summed E-state index contributed by atoms with van der Waals surface area (Å²) in [5, 5.41) is 1.02.